The van der Waals surface area contributed by atoms with E-state index in [2.05, 4.69) is 5.32 Å². The third-order valence-electron chi connectivity index (χ3n) is 5.04. The number of carbonyl (C=O) groups is 3. The van der Waals surface area contributed by atoms with Crippen molar-refractivity contribution >= 4 is 18.0 Å². The van der Waals surface area contributed by atoms with E-state index in [1.165, 1.54) is 13.8 Å². The zero-order valence-corrected chi connectivity index (χ0v) is 19.5. The van der Waals surface area contributed by atoms with Crippen molar-refractivity contribution < 1.29 is 42.8 Å². The average Bonchev–Trinajstić information content (AvgIpc) is 2.77. The Labute approximate surface area is 193 Å². The minimum atomic E-state index is -0.904. The molecule has 0 spiro atoms. The highest BCUT2D eigenvalue weighted by Gasteiger charge is 2.47. The van der Waals surface area contributed by atoms with Crippen LogP contribution in [0.5, 0.6) is 0 Å². The highest BCUT2D eigenvalue weighted by Crippen LogP contribution is 2.31. The summed E-state index contributed by atoms with van der Waals surface area (Å²) in [6, 6.07) is 9.37. The van der Waals surface area contributed by atoms with Gasteiger partial charge in [0, 0.05) is 26.3 Å². The molecule has 184 valence electrons. The molecule has 0 aromatic heterocycles. The highest BCUT2D eigenvalue weighted by atomic mass is 16.7. The monoisotopic (exact) mass is 467 g/mol. The predicted octanol–water partition coefficient (Wildman–Crippen LogP) is 2.19. The number of esters is 2. The van der Waals surface area contributed by atoms with Gasteiger partial charge in [-0.3, -0.25) is 9.59 Å². The number of hydrogen-bond acceptors (Lipinski definition) is 9. The van der Waals surface area contributed by atoms with Gasteiger partial charge in [0.1, 0.15) is 12.7 Å². The maximum absolute atomic E-state index is 11.7. The lowest BCUT2D eigenvalue weighted by atomic mass is 9.91. The van der Waals surface area contributed by atoms with Gasteiger partial charge < -0.3 is 33.7 Å². The fourth-order valence-corrected chi connectivity index (χ4v) is 3.27. The fraction of sp³-hybridized carbons (Fsp3) is 0.609. The second-order valence-electron chi connectivity index (χ2n) is 7.69. The molecule has 0 bridgehead atoms. The summed E-state index contributed by atoms with van der Waals surface area (Å²) < 4.78 is 32.8. The Morgan fingerprint density at radius 3 is 2.27 bits per heavy atom. The largest absolute Gasteiger partial charge is 0.458 e. The molecule has 10 nitrogen and oxygen atoms in total. The number of alkyl carbamates (subject to hydrolysis) is 1. The number of amides is 1. The van der Waals surface area contributed by atoms with Gasteiger partial charge in [-0.15, -0.1) is 0 Å². The SMILES string of the molecule is CC(=O)O[C@@H]1[C@@H](C)[C@H](C)O[C@@H](OCCOCCNC(=O)OCc2ccccc2)[C@@H]1OC(C)=O. The molecule has 0 aliphatic carbocycles. The first-order valence-corrected chi connectivity index (χ1v) is 10.9. The molecule has 0 saturated carbocycles. The van der Waals surface area contributed by atoms with E-state index in [4.69, 9.17) is 28.4 Å². The van der Waals surface area contributed by atoms with Gasteiger partial charge in [-0.1, -0.05) is 37.3 Å². The van der Waals surface area contributed by atoms with Gasteiger partial charge in [0.15, 0.2) is 12.4 Å². The molecule has 1 saturated heterocycles. The van der Waals surface area contributed by atoms with Crippen LogP contribution in [0.25, 0.3) is 0 Å². The first-order chi connectivity index (χ1) is 15.8. The Bertz CT molecular complexity index is 758. The molecule has 10 heteroatoms. The van der Waals surface area contributed by atoms with Crippen LogP contribution in [0.1, 0.15) is 33.3 Å². The number of rotatable bonds is 11. The number of benzene rings is 1. The third-order valence-corrected chi connectivity index (χ3v) is 5.04. The molecule has 1 aromatic carbocycles. The predicted molar refractivity (Wildman–Crippen MR) is 116 cm³/mol. The van der Waals surface area contributed by atoms with Crippen molar-refractivity contribution in [1.82, 2.24) is 5.32 Å². The van der Waals surface area contributed by atoms with Gasteiger partial charge >= 0.3 is 18.0 Å². The van der Waals surface area contributed by atoms with Crippen molar-refractivity contribution in [2.24, 2.45) is 5.92 Å². The molecule has 0 unspecified atom stereocenters. The van der Waals surface area contributed by atoms with Crippen LogP contribution in [-0.2, 0) is 44.6 Å². The van der Waals surface area contributed by atoms with Crippen molar-refractivity contribution in [3.8, 4) is 0 Å². The lowest BCUT2D eigenvalue weighted by Crippen LogP contribution is -2.56. The quantitative estimate of drug-likeness (QED) is 0.297. The Morgan fingerprint density at radius 1 is 0.939 bits per heavy atom. The van der Waals surface area contributed by atoms with Crippen LogP contribution in [0.15, 0.2) is 30.3 Å². The molecule has 1 aliphatic heterocycles. The third kappa shape index (κ3) is 9.37. The average molecular weight is 468 g/mol. The van der Waals surface area contributed by atoms with Crippen molar-refractivity contribution in [2.75, 3.05) is 26.4 Å². The summed E-state index contributed by atoms with van der Waals surface area (Å²) >= 11 is 0. The molecule has 1 amide bonds. The molecule has 1 aromatic rings. The lowest BCUT2D eigenvalue weighted by Gasteiger charge is -2.43. The van der Waals surface area contributed by atoms with Gasteiger partial charge in [0.2, 0.25) is 0 Å². The second-order valence-corrected chi connectivity index (χ2v) is 7.69. The maximum Gasteiger partial charge on any atom is 0.407 e. The number of nitrogens with one attached hydrogen (secondary N) is 1. The van der Waals surface area contributed by atoms with Crippen LogP contribution < -0.4 is 5.32 Å². The standard InChI is InChI=1S/C23H33NO9/c1-15-16(2)31-22(21(33-18(4)26)20(15)32-17(3)25)29-13-12-28-11-10-24-23(27)30-14-19-8-6-5-7-9-19/h5-9,15-16,20-22H,10-14H2,1-4H3,(H,24,27)/t15-,16-,20+,21+,22+/m0/s1. The summed E-state index contributed by atoms with van der Waals surface area (Å²) in [5.41, 5.74) is 0.901. The molecule has 1 heterocycles. The van der Waals surface area contributed by atoms with E-state index in [1.807, 2.05) is 44.2 Å². The smallest absolute Gasteiger partial charge is 0.407 e. The molecule has 33 heavy (non-hydrogen) atoms. The van der Waals surface area contributed by atoms with Gasteiger partial charge in [0.25, 0.3) is 0 Å². The van der Waals surface area contributed by atoms with Gasteiger partial charge in [0.05, 0.1) is 25.9 Å². The summed E-state index contributed by atoms with van der Waals surface area (Å²) in [5.74, 6) is -1.20. The zero-order valence-electron chi connectivity index (χ0n) is 19.5. The minimum Gasteiger partial charge on any atom is -0.458 e. The van der Waals surface area contributed by atoms with E-state index in [9.17, 15) is 14.4 Å². The van der Waals surface area contributed by atoms with E-state index >= 15 is 0 Å². The highest BCUT2D eigenvalue weighted by molar-refractivity contribution is 5.67. The fourth-order valence-electron chi connectivity index (χ4n) is 3.27. The van der Waals surface area contributed by atoms with E-state index in [1.54, 1.807) is 0 Å². The van der Waals surface area contributed by atoms with Gasteiger partial charge in [-0.25, -0.2) is 4.79 Å². The van der Waals surface area contributed by atoms with Crippen LogP contribution >= 0.6 is 0 Å². The van der Waals surface area contributed by atoms with Crippen LogP contribution in [0, 0.1) is 5.92 Å². The van der Waals surface area contributed by atoms with Crippen molar-refractivity contribution in [3.63, 3.8) is 0 Å². The molecular formula is C23H33NO9. The molecular weight excluding hydrogens is 434 g/mol. The first kappa shape index (κ1) is 26.6. The molecule has 5 atom stereocenters. The molecule has 2 rings (SSSR count). The first-order valence-electron chi connectivity index (χ1n) is 10.9. The van der Waals surface area contributed by atoms with Gasteiger partial charge in [-0.2, -0.15) is 0 Å². The van der Waals surface area contributed by atoms with Crippen LogP contribution in [0.3, 0.4) is 0 Å². The maximum atomic E-state index is 11.7. The molecule has 1 fully saturated rings. The number of ether oxygens (including phenoxy) is 6. The Hall–Kier alpha value is -2.69. The molecule has 1 aliphatic rings. The summed E-state index contributed by atoms with van der Waals surface area (Å²) in [6.45, 7) is 7.34. The minimum absolute atomic E-state index is 0.148. The van der Waals surface area contributed by atoms with Crippen LogP contribution in [0.2, 0.25) is 0 Å². The van der Waals surface area contributed by atoms with Gasteiger partial charge in [-0.05, 0) is 12.5 Å². The van der Waals surface area contributed by atoms with Crippen molar-refractivity contribution in [2.45, 2.75) is 58.9 Å². The number of hydrogen-bond donors (Lipinski definition) is 1. The Morgan fingerprint density at radius 2 is 1.61 bits per heavy atom. The van der Waals surface area contributed by atoms with Crippen molar-refractivity contribution in [3.05, 3.63) is 35.9 Å². The summed E-state index contributed by atoms with van der Waals surface area (Å²) in [7, 11) is 0. The van der Waals surface area contributed by atoms with E-state index in [-0.39, 0.29) is 45.0 Å². The van der Waals surface area contributed by atoms with Crippen LogP contribution in [-0.4, -0.2) is 69.0 Å². The summed E-state index contributed by atoms with van der Waals surface area (Å²) in [6.07, 6.45) is -3.29. The summed E-state index contributed by atoms with van der Waals surface area (Å²) in [5, 5.41) is 2.60. The Balaban J connectivity index is 1.68. The topological polar surface area (TPSA) is 119 Å². The number of carbonyl (C=O) groups excluding carboxylic acids is 3. The lowest BCUT2D eigenvalue weighted by molar-refractivity contribution is -0.288. The van der Waals surface area contributed by atoms with E-state index in [0.29, 0.717) is 0 Å². The summed E-state index contributed by atoms with van der Waals surface area (Å²) in [4.78, 5) is 34.8. The zero-order chi connectivity index (χ0) is 24.2. The second kappa shape index (κ2) is 13.8. The normalized spacial score (nSPS) is 24.5. The van der Waals surface area contributed by atoms with Crippen LogP contribution in [0.4, 0.5) is 4.79 Å². The van der Waals surface area contributed by atoms with E-state index < -0.39 is 36.5 Å². The van der Waals surface area contributed by atoms with E-state index in [0.717, 1.165) is 5.56 Å². The van der Waals surface area contributed by atoms with Crippen molar-refractivity contribution in [1.29, 1.82) is 0 Å². The Kier molecular flexibility index (Phi) is 11.1. The molecule has 0 radical (unpaired) electrons. The molecule has 1 N–H and O–H groups in total.